The molecule has 1 aromatic rings. The molecule has 0 radical (unpaired) electrons. The minimum atomic E-state index is -0.678. The summed E-state index contributed by atoms with van der Waals surface area (Å²) in [5.74, 6) is -1.20. The second-order valence-corrected chi connectivity index (χ2v) is 4.63. The Balaban J connectivity index is 2.24. The van der Waals surface area contributed by atoms with Crippen molar-refractivity contribution < 1.29 is 14.3 Å². The number of aliphatic hydroxyl groups is 1. The van der Waals surface area contributed by atoms with Crippen LogP contribution in [0.1, 0.15) is 36.0 Å². The van der Waals surface area contributed by atoms with Gasteiger partial charge in [0.25, 0.3) is 5.91 Å². The van der Waals surface area contributed by atoms with Crippen LogP contribution in [0.2, 0.25) is 0 Å². The monoisotopic (exact) mass is 252 g/mol. The van der Waals surface area contributed by atoms with E-state index in [1.165, 1.54) is 18.2 Å². The average Bonchev–Trinajstić information content (AvgIpc) is 2.34. The molecule has 98 valence electrons. The van der Waals surface area contributed by atoms with Gasteiger partial charge in [0.15, 0.2) is 0 Å². The molecule has 0 aromatic heterocycles. The molecule has 1 aliphatic rings. The van der Waals surface area contributed by atoms with Crippen LogP contribution in [-0.4, -0.2) is 23.2 Å². The highest BCUT2D eigenvalue weighted by Gasteiger charge is 2.25. The lowest BCUT2D eigenvalue weighted by Gasteiger charge is -2.29. The van der Waals surface area contributed by atoms with Crippen LogP contribution in [0.15, 0.2) is 18.2 Å². The fourth-order valence-electron chi connectivity index (χ4n) is 2.34. The zero-order valence-corrected chi connectivity index (χ0v) is 10.0. The summed E-state index contributed by atoms with van der Waals surface area (Å²) in [5.41, 5.74) is 5.43. The highest BCUT2D eigenvalue weighted by atomic mass is 19.1. The largest absolute Gasteiger partial charge is 0.391 e. The molecule has 18 heavy (non-hydrogen) atoms. The summed E-state index contributed by atoms with van der Waals surface area (Å²) in [6, 6.07) is 3.96. The zero-order chi connectivity index (χ0) is 13.1. The molecule has 5 heteroatoms. The van der Waals surface area contributed by atoms with Crippen LogP contribution in [0.4, 0.5) is 10.1 Å². The first-order valence-electron chi connectivity index (χ1n) is 6.12. The summed E-state index contributed by atoms with van der Waals surface area (Å²) < 4.78 is 13.7. The predicted molar refractivity (Wildman–Crippen MR) is 66.8 cm³/mol. The molecule has 0 saturated heterocycles. The summed E-state index contributed by atoms with van der Waals surface area (Å²) in [7, 11) is 0. The van der Waals surface area contributed by atoms with E-state index in [2.05, 4.69) is 5.32 Å². The van der Waals surface area contributed by atoms with E-state index in [1.807, 2.05) is 0 Å². The fourth-order valence-corrected chi connectivity index (χ4v) is 2.34. The van der Waals surface area contributed by atoms with E-state index in [0.717, 1.165) is 19.3 Å². The number of carbonyl (C=O) groups excluding carboxylic acids is 1. The quantitative estimate of drug-likeness (QED) is 0.765. The molecule has 0 aliphatic heterocycles. The number of anilines is 1. The maximum absolute atomic E-state index is 13.7. The van der Waals surface area contributed by atoms with Crippen molar-refractivity contribution >= 4 is 11.6 Å². The molecule has 1 aromatic carbocycles. The van der Waals surface area contributed by atoms with Gasteiger partial charge in [-0.25, -0.2) is 4.39 Å². The molecule has 2 atom stereocenters. The van der Waals surface area contributed by atoms with Crippen molar-refractivity contribution in [3.05, 3.63) is 29.6 Å². The molecular weight excluding hydrogens is 235 g/mol. The molecule has 0 unspecified atom stereocenters. The van der Waals surface area contributed by atoms with Gasteiger partial charge in [-0.05, 0) is 25.0 Å². The molecule has 0 bridgehead atoms. The Kier molecular flexibility index (Phi) is 3.81. The minimum Gasteiger partial charge on any atom is -0.391 e. The maximum Gasteiger partial charge on any atom is 0.250 e. The van der Waals surface area contributed by atoms with Crippen molar-refractivity contribution in [2.24, 2.45) is 5.73 Å². The Bertz CT molecular complexity index is 451. The summed E-state index contributed by atoms with van der Waals surface area (Å²) in [5, 5.41) is 12.8. The third kappa shape index (κ3) is 2.61. The number of nitrogens with one attached hydrogen (secondary N) is 1. The molecule has 1 aliphatic carbocycles. The third-order valence-corrected chi connectivity index (χ3v) is 3.34. The Morgan fingerprint density at radius 2 is 2.11 bits per heavy atom. The second-order valence-electron chi connectivity index (χ2n) is 4.63. The number of para-hydroxylation sites is 1. The van der Waals surface area contributed by atoms with Gasteiger partial charge in [0.05, 0.1) is 23.4 Å². The molecule has 1 amide bonds. The Hall–Kier alpha value is -1.62. The predicted octanol–water partition coefficient (Wildman–Crippen LogP) is 1.64. The Morgan fingerprint density at radius 3 is 2.78 bits per heavy atom. The van der Waals surface area contributed by atoms with E-state index in [0.29, 0.717) is 6.42 Å². The topological polar surface area (TPSA) is 75.4 Å². The van der Waals surface area contributed by atoms with Crippen molar-refractivity contribution in [2.75, 3.05) is 5.32 Å². The van der Waals surface area contributed by atoms with E-state index < -0.39 is 17.8 Å². The number of primary amides is 1. The van der Waals surface area contributed by atoms with Gasteiger partial charge in [-0.1, -0.05) is 18.9 Å². The van der Waals surface area contributed by atoms with Gasteiger partial charge in [-0.3, -0.25) is 4.79 Å². The molecule has 1 fully saturated rings. The molecule has 4 N–H and O–H groups in total. The van der Waals surface area contributed by atoms with Crippen molar-refractivity contribution in [2.45, 2.75) is 37.8 Å². The molecular formula is C13H17FN2O2. The minimum absolute atomic E-state index is 0.0935. The van der Waals surface area contributed by atoms with Crippen LogP contribution in [0.3, 0.4) is 0 Å². The van der Waals surface area contributed by atoms with Gasteiger partial charge in [0.1, 0.15) is 5.82 Å². The highest BCUT2D eigenvalue weighted by Crippen LogP contribution is 2.26. The first-order valence-corrected chi connectivity index (χ1v) is 6.12. The zero-order valence-electron chi connectivity index (χ0n) is 10.0. The van der Waals surface area contributed by atoms with E-state index in [1.54, 1.807) is 0 Å². The van der Waals surface area contributed by atoms with Crippen LogP contribution in [0.25, 0.3) is 0 Å². The van der Waals surface area contributed by atoms with E-state index in [4.69, 9.17) is 5.73 Å². The van der Waals surface area contributed by atoms with E-state index >= 15 is 0 Å². The molecule has 2 rings (SSSR count). The van der Waals surface area contributed by atoms with Gasteiger partial charge >= 0.3 is 0 Å². The number of halogens is 1. The number of nitrogens with two attached hydrogens (primary N) is 1. The summed E-state index contributed by atoms with van der Waals surface area (Å²) in [6.07, 6.45) is 2.89. The molecule has 0 heterocycles. The second kappa shape index (κ2) is 5.35. The average molecular weight is 252 g/mol. The number of hydrogen-bond acceptors (Lipinski definition) is 3. The maximum atomic E-state index is 13.7. The number of amides is 1. The molecule has 1 saturated carbocycles. The number of rotatable bonds is 3. The standard InChI is InChI=1S/C13H17FN2O2/c14-9-5-3-4-8(13(15)18)12(9)16-10-6-1-2-7-11(10)17/h3-5,10-11,16-17H,1-2,6-7H2,(H2,15,18)/t10-,11-/m0/s1. The van der Waals surface area contributed by atoms with E-state index in [-0.39, 0.29) is 17.3 Å². The first kappa shape index (κ1) is 12.8. The number of aliphatic hydroxyl groups excluding tert-OH is 1. The lowest BCUT2D eigenvalue weighted by Crippen LogP contribution is -2.37. The van der Waals surface area contributed by atoms with Crippen molar-refractivity contribution in [1.82, 2.24) is 0 Å². The number of hydrogen-bond donors (Lipinski definition) is 3. The van der Waals surface area contributed by atoms with Gasteiger partial charge < -0.3 is 16.2 Å². The molecule has 4 nitrogen and oxygen atoms in total. The van der Waals surface area contributed by atoms with Crippen LogP contribution in [-0.2, 0) is 0 Å². The first-order chi connectivity index (χ1) is 8.59. The third-order valence-electron chi connectivity index (χ3n) is 3.34. The number of benzene rings is 1. The van der Waals surface area contributed by atoms with Crippen LogP contribution in [0, 0.1) is 5.82 Å². The Morgan fingerprint density at radius 1 is 1.39 bits per heavy atom. The SMILES string of the molecule is NC(=O)c1cccc(F)c1N[C@H]1CCCC[C@@H]1O. The summed E-state index contributed by atoms with van der Waals surface area (Å²) in [6.45, 7) is 0. The lowest BCUT2D eigenvalue weighted by atomic mass is 9.92. The smallest absolute Gasteiger partial charge is 0.250 e. The molecule has 0 spiro atoms. The van der Waals surface area contributed by atoms with Crippen molar-refractivity contribution in [3.63, 3.8) is 0 Å². The van der Waals surface area contributed by atoms with Gasteiger partial charge in [0.2, 0.25) is 0 Å². The van der Waals surface area contributed by atoms with Crippen LogP contribution in [0.5, 0.6) is 0 Å². The Labute approximate surface area is 105 Å². The summed E-state index contributed by atoms with van der Waals surface area (Å²) in [4.78, 5) is 11.3. The van der Waals surface area contributed by atoms with Crippen molar-refractivity contribution in [1.29, 1.82) is 0 Å². The lowest BCUT2D eigenvalue weighted by molar-refractivity contribution is 0.0998. The highest BCUT2D eigenvalue weighted by molar-refractivity contribution is 5.98. The van der Waals surface area contributed by atoms with Crippen LogP contribution < -0.4 is 11.1 Å². The van der Waals surface area contributed by atoms with Gasteiger partial charge in [-0.15, -0.1) is 0 Å². The normalized spacial score (nSPS) is 23.7. The van der Waals surface area contributed by atoms with Gasteiger partial charge in [-0.2, -0.15) is 0 Å². The fraction of sp³-hybridized carbons (Fsp3) is 0.462. The van der Waals surface area contributed by atoms with E-state index in [9.17, 15) is 14.3 Å². The van der Waals surface area contributed by atoms with Crippen molar-refractivity contribution in [3.8, 4) is 0 Å². The van der Waals surface area contributed by atoms with Gasteiger partial charge in [0, 0.05) is 0 Å². The van der Waals surface area contributed by atoms with Crippen LogP contribution >= 0.6 is 0 Å². The number of carbonyl (C=O) groups is 1. The summed E-state index contributed by atoms with van der Waals surface area (Å²) >= 11 is 0.